The standard InChI is InChI=1S/C17H19ClFN5O/c18-12-1-2-13(14(19)9-12)17(25)23-6-3-11(4-7-23)16-22-21-15-10-20-5-8-24(15)16/h1-2,9,11,20H,3-8,10H2. The minimum Gasteiger partial charge on any atom is -0.339 e. The van der Waals surface area contributed by atoms with Gasteiger partial charge in [0, 0.05) is 37.1 Å². The topological polar surface area (TPSA) is 63.1 Å². The highest BCUT2D eigenvalue weighted by atomic mass is 35.5. The van der Waals surface area contributed by atoms with E-state index in [1.807, 2.05) is 0 Å². The van der Waals surface area contributed by atoms with E-state index in [0.29, 0.717) is 24.0 Å². The Labute approximate surface area is 150 Å². The van der Waals surface area contributed by atoms with E-state index >= 15 is 0 Å². The number of likely N-dealkylation sites (tertiary alicyclic amines) is 1. The minimum absolute atomic E-state index is 0.0776. The quantitative estimate of drug-likeness (QED) is 0.888. The molecule has 132 valence electrons. The van der Waals surface area contributed by atoms with Crippen LogP contribution in [0.5, 0.6) is 0 Å². The fourth-order valence-electron chi connectivity index (χ4n) is 3.59. The van der Waals surface area contributed by atoms with Crippen molar-refractivity contribution in [3.63, 3.8) is 0 Å². The van der Waals surface area contributed by atoms with E-state index in [1.165, 1.54) is 12.1 Å². The van der Waals surface area contributed by atoms with Crippen LogP contribution in [0.2, 0.25) is 5.02 Å². The average Bonchev–Trinajstić information content (AvgIpc) is 3.05. The Kier molecular flexibility index (Phi) is 4.43. The van der Waals surface area contributed by atoms with Crippen LogP contribution in [0.4, 0.5) is 4.39 Å². The van der Waals surface area contributed by atoms with E-state index in [1.54, 1.807) is 11.0 Å². The lowest BCUT2D eigenvalue weighted by molar-refractivity contribution is 0.0705. The summed E-state index contributed by atoms with van der Waals surface area (Å²) in [6.45, 7) is 3.73. The zero-order valence-electron chi connectivity index (χ0n) is 13.7. The maximum atomic E-state index is 14.0. The maximum absolute atomic E-state index is 14.0. The Morgan fingerprint density at radius 2 is 2.04 bits per heavy atom. The minimum atomic E-state index is -0.571. The van der Waals surface area contributed by atoms with Crippen LogP contribution < -0.4 is 5.32 Å². The Morgan fingerprint density at radius 1 is 1.24 bits per heavy atom. The molecule has 0 spiro atoms. The Balaban J connectivity index is 1.44. The molecule has 0 bridgehead atoms. The number of aromatic nitrogens is 3. The zero-order valence-corrected chi connectivity index (χ0v) is 14.5. The molecule has 1 amide bonds. The first-order valence-electron chi connectivity index (χ1n) is 8.50. The molecule has 2 aliphatic rings. The highest BCUT2D eigenvalue weighted by molar-refractivity contribution is 6.30. The number of rotatable bonds is 2. The second-order valence-corrected chi connectivity index (χ2v) is 6.93. The molecule has 1 fully saturated rings. The second kappa shape index (κ2) is 6.72. The molecule has 0 aliphatic carbocycles. The molecular formula is C17H19ClFN5O. The lowest BCUT2D eigenvalue weighted by atomic mass is 9.95. The van der Waals surface area contributed by atoms with Crippen LogP contribution in [0.3, 0.4) is 0 Å². The van der Waals surface area contributed by atoms with Crippen LogP contribution in [0.25, 0.3) is 0 Å². The summed E-state index contributed by atoms with van der Waals surface area (Å²) >= 11 is 5.76. The molecular weight excluding hydrogens is 345 g/mol. The summed E-state index contributed by atoms with van der Waals surface area (Å²) in [5.74, 6) is 1.43. The molecule has 0 atom stereocenters. The molecule has 1 aromatic carbocycles. The van der Waals surface area contributed by atoms with E-state index in [0.717, 1.165) is 44.1 Å². The largest absolute Gasteiger partial charge is 0.339 e. The lowest BCUT2D eigenvalue weighted by Crippen LogP contribution is -2.39. The predicted octanol–water partition coefficient (Wildman–Crippen LogP) is 2.19. The molecule has 1 N–H and O–H groups in total. The van der Waals surface area contributed by atoms with E-state index in [2.05, 4.69) is 20.1 Å². The van der Waals surface area contributed by atoms with Crippen LogP contribution in [-0.2, 0) is 13.1 Å². The molecule has 0 unspecified atom stereocenters. The number of nitrogens with one attached hydrogen (secondary N) is 1. The van der Waals surface area contributed by atoms with Crippen molar-refractivity contribution in [2.24, 2.45) is 0 Å². The molecule has 4 rings (SSSR count). The number of benzene rings is 1. The van der Waals surface area contributed by atoms with Gasteiger partial charge in [0.05, 0.1) is 12.1 Å². The van der Waals surface area contributed by atoms with Crippen LogP contribution in [-0.4, -0.2) is 45.2 Å². The maximum Gasteiger partial charge on any atom is 0.256 e. The molecule has 0 radical (unpaired) electrons. The van der Waals surface area contributed by atoms with Crippen LogP contribution in [0, 0.1) is 5.82 Å². The summed E-state index contributed by atoms with van der Waals surface area (Å²) in [6.07, 6.45) is 1.62. The van der Waals surface area contributed by atoms with Gasteiger partial charge in [-0.2, -0.15) is 0 Å². The summed E-state index contributed by atoms with van der Waals surface area (Å²) in [5, 5.41) is 12.2. The molecule has 2 aromatic rings. The molecule has 6 nitrogen and oxygen atoms in total. The third-order valence-electron chi connectivity index (χ3n) is 4.96. The highest BCUT2D eigenvalue weighted by Gasteiger charge is 2.29. The first kappa shape index (κ1) is 16.5. The van der Waals surface area contributed by atoms with Gasteiger partial charge in [-0.15, -0.1) is 10.2 Å². The van der Waals surface area contributed by atoms with E-state index in [-0.39, 0.29) is 11.5 Å². The number of hydrogen-bond donors (Lipinski definition) is 1. The van der Waals surface area contributed by atoms with Gasteiger partial charge in [0.15, 0.2) is 0 Å². The molecule has 0 saturated carbocycles. The number of piperidine rings is 1. The second-order valence-electron chi connectivity index (χ2n) is 6.49. The Morgan fingerprint density at radius 3 is 2.80 bits per heavy atom. The normalized spacial score (nSPS) is 18.2. The van der Waals surface area contributed by atoms with E-state index < -0.39 is 5.82 Å². The predicted molar refractivity (Wildman–Crippen MR) is 91.0 cm³/mol. The third kappa shape index (κ3) is 3.14. The summed E-state index contributed by atoms with van der Waals surface area (Å²) in [6, 6.07) is 4.17. The molecule has 25 heavy (non-hydrogen) atoms. The zero-order chi connectivity index (χ0) is 17.4. The van der Waals surface area contributed by atoms with Crippen molar-refractivity contribution in [1.82, 2.24) is 25.0 Å². The molecule has 1 saturated heterocycles. The van der Waals surface area contributed by atoms with Crippen molar-refractivity contribution in [2.75, 3.05) is 19.6 Å². The van der Waals surface area contributed by atoms with Crippen molar-refractivity contribution in [1.29, 1.82) is 0 Å². The fourth-order valence-corrected chi connectivity index (χ4v) is 3.75. The van der Waals surface area contributed by atoms with Crippen molar-refractivity contribution in [2.45, 2.75) is 31.8 Å². The van der Waals surface area contributed by atoms with Gasteiger partial charge in [-0.1, -0.05) is 11.6 Å². The smallest absolute Gasteiger partial charge is 0.256 e. The number of nitrogens with zero attached hydrogens (tertiary/aromatic N) is 4. The van der Waals surface area contributed by atoms with Gasteiger partial charge in [0.2, 0.25) is 0 Å². The van der Waals surface area contributed by atoms with Gasteiger partial charge in [0.25, 0.3) is 5.91 Å². The number of amides is 1. The van der Waals surface area contributed by atoms with Crippen molar-refractivity contribution in [3.05, 3.63) is 46.3 Å². The van der Waals surface area contributed by atoms with Crippen LogP contribution in [0.1, 0.15) is 40.8 Å². The van der Waals surface area contributed by atoms with Crippen LogP contribution >= 0.6 is 11.6 Å². The SMILES string of the molecule is O=C(c1ccc(Cl)cc1F)N1CCC(c2nnc3n2CCNC3)CC1. The Bertz CT molecular complexity index is 800. The van der Waals surface area contributed by atoms with Crippen LogP contribution in [0.15, 0.2) is 18.2 Å². The van der Waals surface area contributed by atoms with E-state index in [9.17, 15) is 9.18 Å². The summed E-state index contributed by atoms with van der Waals surface area (Å²) in [5.41, 5.74) is 0.0776. The lowest BCUT2D eigenvalue weighted by Gasteiger charge is -2.32. The van der Waals surface area contributed by atoms with Gasteiger partial charge in [-0.25, -0.2) is 4.39 Å². The van der Waals surface area contributed by atoms with Crippen molar-refractivity contribution in [3.8, 4) is 0 Å². The van der Waals surface area contributed by atoms with E-state index in [4.69, 9.17) is 11.6 Å². The number of fused-ring (bicyclic) bond motifs is 1. The molecule has 2 aliphatic heterocycles. The van der Waals surface area contributed by atoms with Gasteiger partial charge in [-0.05, 0) is 31.0 Å². The fraction of sp³-hybridized carbons (Fsp3) is 0.471. The van der Waals surface area contributed by atoms with Gasteiger partial charge >= 0.3 is 0 Å². The first-order chi connectivity index (χ1) is 12.1. The van der Waals surface area contributed by atoms with Gasteiger partial charge in [0.1, 0.15) is 17.5 Å². The summed E-state index contributed by atoms with van der Waals surface area (Å²) in [7, 11) is 0. The monoisotopic (exact) mass is 363 g/mol. The molecule has 8 heteroatoms. The molecule has 3 heterocycles. The first-order valence-corrected chi connectivity index (χ1v) is 8.88. The summed E-state index contributed by atoms with van der Waals surface area (Å²) < 4.78 is 16.2. The number of carbonyl (C=O) groups is 1. The molecule has 1 aromatic heterocycles. The van der Waals surface area contributed by atoms with Crippen molar-refractivity contribution < 1.29 is 9.18 Å². The number of carbonyl (C=O) groups excluding carboxylic acids is 1. The van der Waals surface area contributed by atoms with Crippen molar-refractivity contribution >= 4 is 17.5 Å². The summed E-state index contributed by atoms with van der Waals surface area (Å²) in [4.78, 5) is 14.3. The number of hydrogen-bond acceptors (Lipinski definition) is 4. The van der Waals surface area contributed by atoms with Gasteiger partial charge in [-0.3, -0.25) is 4.79 Å². The third-order valence-corrected chi connectivity index (χ3v) is 5.20. The van der Waals surface area contributed by atoms with Gasteiger partial charge < -0.3 is 14.8 Å². The highest BCUT2D eigenvalue weighted by Crippen LogP contribution is 2.29. The Hall–Kier alpha value is -1.99. The number of halogens is 2. The average molecular weight is 364 g/mol.